The van der Waals surface area contributed by atoms with E-state index >= 15 is 0 Å². The van der Waals surface area contributed by atoms with E-state index in [4.69, 9.17) is 10.5 Å². The van der Waals surface area contributed by atoms with Crippen molar-refractivity contribution < 1.29 is 4.74 Å². The molecule has 1 saturated carbocycles. The van der Waals surface area contributed by atoms with Gasteiger partial charge < -0.3 is 15.8 Å². The van der Waals surface area contributed by atoms with Crippen LogP contribution in [0.4, 0.5) is 11.5 Å². The summed E-state index contributed by atoms with van der Waals surface area (Å²) < 4.78 is 5.87. The van der Waals surface area contributed by atoms with Crippen LogP contribution < -0.4 is 11.1 Å². The van der Waals surface area contributed by atoms with Gasteiger partial charge in [0.2, 0.25) is 0 Å². The number of aromatic nitrogens is 2. The number of hydrogen-bond acceptors (Lipinski definition) is 6. The third-order valence-corrected chi connectivity index (χ3v) is 6.01. The molecule has 1 aliphatic heterocycles. The number of morpholine rings is 1. The van der Waals surface area contributed by atoms with Crippen molar-refractivity contribution in [3.8, 4) is 0 Å². The minimum Gasteiger partial charge on any atom is -0.399 e. The molecule has 3 N–H and O–H groups in total. The van der Waals surface area contributed by atoms with Crippen molar-refractivity contribution in [2.75, 3.05) is 37.3 Å². The Hall–Kier alpha value is -1.92. The van der Waals surface area contributed by atoms with Gasteiger partial charge in [-0.3, -0.25) is 4.90 Å². The predicted octanol–water partition coefficient (Wildman–Crippen LogP) is 3.29. The summed E-state index contributed by atoms with van der Waals surface area (Å²) in [6.45, 7) is 8.35. The van der Waals surface area contributed by atoms with E-state index in [9.17, 15) is 0 Å². The highest BCUT2D eigenvalue weighted by Gasteiger charge is 2.33. The van der Waals surface area contributed by atoms with Crippen LogP contribution in [0.1, 0.15) is 39.5 Å². The molecule has 1 aromatic heterocycles. The number of nitrogens with zero attached hydrogens (tertiary/aromatic N) is 3. The van der Waals surface area contributed by atoms with Gasteiger partial charge in [-0.25, -0.2) is 9.97 Å². The van der Waals surface area contributed by atoms with Gasteiger partial charge >= 0.3 is 0 Å². The van der Waals surface area contributed by atoms with Crippen LogP contribution in [0, 0.1) is 5.92 Å². The van der Waals surface area contributed by atoms with Crippen LogP contribution in [0.25, 0.3) is 10.9 Å². The number of anilines is 2. The lowest BCUT2D eigenvalue weighted by Gasteiger charge is -2.44. The highest BCUT2D eigenvalue weighted by Crippen LogP contribution is 2.31. The highest BCUT2D eigenvalue weighted by atomic mass is 16.5. The van der Waals surface area contributed by atoms with E-state index < -0.39 is 0 Å². The second-order valence-electron chi connectivity index (χ2n) is 8.63. The fraction of sp³-hybridized carbons (Fsp3) is 0.619. The molecule has 0 amide bonds. The van der Waals surface area contributed by atoms with Gasteiger partial charge in [0.15, 0.2) is 0 Å². The Bertz CT molecular complexity index is 785. The summed E-state index contributed by atoms with van der Waals surface area (Å²) >= 11 is 0. The van der Waals surface area contributed by atoms with Crippen molar-refractivity contribution in [2.24, 2.45) is 5.92 Å². The molecule has 2 fully saturated rings. The number of nitrogens with two attached hydrogens (primary N) is 1. The van der Waals surface area contributed by atoms with Crippen molar-refractivity contribution in [1.29, 1.82) is 0 Å². The summed E-state index contributed by atoms with van der Waals surface area (Å²) in [5, 5.41) is 4.55. The molecule has 1 aliphatic carbocycles. The molecule has 0 spiro atoms. The fourth-order valence-electron chi connectivity index (χ4n) is 4.53. The van der Waals surface area contributed by atoms with E-state index in [1.165, 1.54) is 25.7 Å². The summed E-state index contributed by atoms with van der Waals surface area (Å²) in [4.78, 5) is 11.4. The van der Waals surface area contributed by atoms with E-state index in [1.807, 2.05) is 18.2 Å². The number of nitrogen functional groups attached to an aromatic ring is 1. The molecule has 0 radical (unpaired) electrons. The summed E-state index contributed by atoms with van der Waals surface area (Å²) in [5.74, 6) is 1.59. The predicted molar refractivity (Wildman–Crippen MR) is 110 cm³/mol. The number of ether oxygens (including phenoxy) is 1. The van der Waals surface area contributed by atoms with Crippen LogP contribution >= 0.6 is 0 Å². The first-order valence-electron chi connectivity index (χ1n) is 10.1. The third-order valence-electron chi connectivity index (χ3n) is 6.01. The van der Waals surface area contributed by atoms with Gasteiger partial charge in [-0.15, -0.1) is 0 Å². The Morgan fingerprint density at radius 3 is 2.81 bits per heavy atom. The monoisotopic (exact) mass is 369 g/mol. The molecule has 4 rings (SSSR count). The molecule has 2 aromatic rings. The van der Waals surface area contributed by atoms with Crippen LogP contribution in [-0.4, -0.2) is 52.8 Å². The van der Waals surface area contributed by atoms with Crippen molar-refractivity contribution >= 4 is 22.4 Å². The Morgan fingerprint density at radius 1 is 1.22 bits per heavy atom. The zero-order valence-electron chi connectivity index (χ0n) is 16.4. The molecular weight excluding hydrogens is 338 g/mol. The molecule has 0 unspecified atom stereocenters. The van der Waals surface area contributed by atoms with Gasteiger partial charge in [0.25, 0.3) is 0 Å². The maximum Gasteiger partial charge on any atom is 0.137 e. The normalized spacial score (nSPS) is 26.1. The number of benzene rings is 1. The second kappa shape index (κ2) is 7.60. The molecule has 6 nitrogen and oxygen atoms in total. The molecule has 27 heavy (non-hydrogen) atoms. The van der Waals surface area contributed by atoms with Crippen LogP contribution in [0.15, 0.2) is 24.5 Å². The molecule has 2 heterocycles. The zero-order valence-corrected chi connectivity index (χ0v) is 16.4. The number of rotatable bonds is 4. The molecule has 1 aromatic carbocycles. The summed E-state index contributed by atoms with van der Waals surface area (Å²) in [7, 11) is 0. The Morgan fingerprint density at radius 2 is 2.04 bits per heavy atom. The van der Waals surface area contributed by atoms with Crippen molar-refractivity contribution in [1.82, 2.24) is 14.9 Å². The van der Waals surface area contributed by atoms with Gasteiger partial charge in [-0.1, -0.05) is 0 Å². The van der Waals surface area contributed by atoms with Crippen LogP contribution in [-0.2, 0) is 4.74 Å². The summed E-state index contributed by atoms with van der Waals surface area (Å²) in [6, 6.07) is 6.50. The number of fused-ring (bicyclic) bond motifs is 1. The number of nitrogens with one attached hydrogen (secondary N) is 1. The van der Waals surface area contributed by atoms with E-state index in [0.717, 1.165) is 48.6 Å². The summed E-state index contributed by atoms with van der Waals surface area (Å²) in [5.41, 5.74) is 7.61. The van der Waals surface area contributed by atoms with Crippen molar-refractivity contribution in [2.45, 2.75) is 51.2 Å². The highest BCUT2D eigenvalue weighted by molar-refractivity contribution is 5.91. The third kappa shape index (κ3) is 4.33. The maximum absolute atomic E-state index is 5.94. The standard InChI is InChI=1S/C21H31N5O/c1-21(2)13-26(9-10-27-21)17-6-3-15(4-7-17)12-23-20-18-11-16(22)5-8-19(18)24-14-25-20/h5,8,11,14-15,17H,3-4,6-7,9-10,12-13,22H2,1-2H3,(H,23,24,25)/t15-,17-. The van der Waals surface area contributed by atoms with Gasteiger partial charge in [0.05, 0.1) is 17.7 Å². The van der Waals surface area contributed by atoms with Gasteiger partial charge in [0, 0.05) is 36.7 Å². The Balaban J connectivity index is 1.32. The lowest BCUT2D eigenvalue weighted by molar-refractivity contribution is -0.101. The molecule has 1 saturated heterocycles. The topological polar surface area (TPSA) is 76.3 Å². The molecule has 6 heteroatoms. The Kier molecular flexibility index (Phi) is 5.19. The van der Waals surface area contributed by atoms with Crippen LogP contribution in [0.2, 0.25) is 0 Å². The van der Waals surface area contributed by atoms with E-state index in [-0.39, 0.29) is 5.60 Å². The SMILES string of the molecule is CC1(C)CN([C@H]2CC[C@H](CNc3ncnc4ccc(N)cc34)CC2)CCO1. The van der Waals surface area contributed by atoms with Crippen LogP contribution in [0.5, 0.6) is 0 Å². The smallest absolute Gasteiger partial charge is 0.137 e. The van der Waals surface area contributed by atoms with E-state index in [2.05, 4.69) is 34.0 Å². The molecule has 2 aliphatic rings. The molecule has 146 valence electrons. The lowest BCUT2D eigenvalue weighted by Crippen LogP contribution is -2.53. The summed E-state index contributed by atoms with van der Waals surface area (Å²) in [6.07, 6.45) is 6.71. The average molecular weight is 370 g/mol. The second-order valence-corrected chi connectivity index (χ2v) is 8.63. The minimum atomic E-state index is -0.00737. The van der Waals surface area contributed by atoms with Crippen LogP contribution in [0.3, 0.4) is 0 Å². The lowest BCUT2D eigenvalue weighted by atomic mass is 9.84. The first kappa shape index (κ1) is 18.4. The first-order chi connectivity index (χ1) is 13.0. The number of hydrogen-bond donors (Lipinski definition) is 2. The molecule has 0 atom stereocenters. The van der Waals surface area contributed by atoms with Crippen molar-refractivity contribution in [3.05, 3.63) is 24.5 Å². The quantitative estimate of drug-likeness (QED) is 0.806. The van der Waals surface area contributed by atoms with Crippen molar-refractivity contribution in [3.63, 3.8) is 0 Å². The van der Waals surface area contributed by atoms with Gasteiger partial charge in [-0.2, -0.15) is 0 Å². The largest absolute Gasteiger partial charge is 0.399 e. The molecule has 0 bridgehead atoms. The average Bonchev–Trinajstić information content (AvgIpc) is 2.66. The first-order valence-corrected chi connectivity index (χ1v) is 10.1. The van der Waals surface area contributed by atoms with E-state index in [0.29, 0.717) is 12.0 Å². The van der Waals surface area contributed by atoms with Gasteiger partial charge in [-0.05, 0) is 63.6 Å². The Labute approximate surface area is 161 Å². The van der Waals surface area contributed by atoms with E-state index in [1.54, 1.807) is 6.33 Å². The zero-order chi connectivity index (χ0) is 18.9. The minimum absolute atomic E-state index is 0.00737. The fourth-order valence-corrected chi connectivity index (χ4v) is 4.53. The maximum atomic E-state index is 5.94. The van der Waals surface area contributed by atoms with Gasteiger partial charge in [0.1, 0.15) is 12.1 Å². The molecular formula is C21H31N5O.